The second-order valence-corrected chi connectivity index (χ2v) is 13.7. The van der Waals surface area contributed by atoms with E-state index in [2.05, 4.69) is 28.1 Å². The van der Waals surface area contributed by atoms with Gasteiger partial charge in [0.25, 0.3) is 5.91 Å². The van der Waals surface area contributed by atoms with E-state index in [4.69, 9.17) is 9.47 Å². The third-order valence-electron chi connectivity index (χ3n) is 10.4. The number of carbonyl (C=O) groups excluding carboxylic acids is 4. The third kappa shape index (κ3) is 8.29. The molecule has 264 valence electrons. The molecule has 2 aliphatic carbocycles. The highest BCUT2D eigenvalue weighted by molar-refractivity contribution is 5.94. The standard InChI is InChI=1S/C40H48N4O6/c1-26(50-40(48)41-2)37(45)43-36(29-15-7-4-8-16-29)39(47)44-24-31-22-32(49-25-27-12-5-3-6-13-27)21-20-30(31)23-35(44)38(46)42-34-19-11-17-28-14-9-10-18-33(28)34/h3,5-6,9-10,12-14,18,20-22,26,29,34-36H,4,7-8,11,15-17,19,23-25H2,1-2H3,(H,41,48)(H,42,46)(H,43,45)/t26-,34-,35+,36-/m0/s1. The molecule has 3 aromatic rings. The number of hydrogen-bond donors (Lipinski definition) is 3. The van der Waals surface area contributed by atoms with Crippen LogP contribution in [-0.2, 0) is 45.1 Å². The van der Waals surface area contributed by atoms with E-state index in [1.807, 2.05) is 60.7 Å². The first kappa shape index (κ1) is 35.0. The van der Waals surface area contributed by atoms with Gasteiger partial charge in [0.15, 0.2) is 6.10 Å². The van der Waals surface area contributed by atoms with Crippen LogP contribution in [0.3, 0.4) is 0 Å². The summed E-state index contributed by atoms with van der Waals surface area (Å²) in [6, 6.07) is 22.2. The molecule has 4 amide bonds. The van der Waals surface area contributed by atoms with Crippen LogP contribution < -0.4 is 20.7 Å². The maximum atomic E-state index is 14.8. The number of aryl methyl sites for hydroxylation is 1. The summed E-state index contributed by atoms with van der Waals surface area (Å²) in [6.07, 6.45) is 5.79. The predicted octanol–water partition coefficient (Wildman–Crippen LogP) is 5.52. The second kappa shape index (κ2) is 16.2. The van der Waals surface area contributed by atoms with Gasteiger partial charge in [0.1, 0.15) is 24.4 Å². The van der Waals surface area contributed by atoms with Gasteiger partial charge in [0, 0.05) is 20.0 Å². The Kier molecular flexibility index (Phi) is 11.4. The molecule has 1 saturated carbocycles. The van der Waals surface area contributed by atoms with Crippen LogP contribution >= 0.6 is 0 Å². The van der Waals surface area contributed by atoms with Crippen LogP contribution in [0.4, 0.5) is 4.79 Å². The summed E-state index contributed by atoms with van der Waals surface area (Å²) in [5.41, 5.74) is 5.29. The number of benzene rings is 3. The minimum Gasteiger partial charge on any atom is -0.489 e. The Hall–Kier alpha value is -4.86. The van der Waals surface area contributed by atoms with Crippen LogP contribution in [0.15, 0.2) is 72.8 Å². The molecule has 1 heterocycles. The van der Waals surface area contributed by atoms with E-state index >= 15 is 0 Å². The molecule has 50 heavy (non-hydrogen) atoms. The molecule has 1 fully saturated rings. The SMILES string of the molecule is CNC(=O)O[C@@H](C)C(=O)N[C@H](C(=O)N1Cc2cc(OCc3ccccc3)ccc2C[C@@H]1C(=O)N[C@H]1CCCc2ccccc21)C1CCCCC1. The molecule has 0 saturated heterocycles. The van der Waals surface area contributed by atoms with Gasteiger partial charge in [-0.3, -0.25) is 14.4 Å². The molecule has 6 rings (SSSR count). The Balaban J connectivity index is 1.29. The molecule has 4 atom stereocenters. The molecule has 3 aliphatic rings. The van der Waals surface area contributed by atoms with Crippen LogP contribution in [0.2, 0.25) is 0 Å². The number of nitrogens with zero attached hydrogens (tertiary/aromatic N) is 1. The van der Waals surface area contributed by atoms with Crippen molar-refractivity contribution in [3.05, 3.63) is 101 Å². The minimum absolute atomic E-state index is 0.108. The normalized spacial score (nSPS) is 19.9. The smallest absolute Gasteiger partial charge is 0.407 e. The number of carbonyl (C=O) groups is 4. The van der Waals surface area contributed by atoms with E-state index in [0.29, 0.717) is 18.8 Å². The fraction of sp³-hybridized carbons (Fsp3) is 0.450. The first-order valence-electron chi connectivity index (χ1n) is 18.0. The molecule has 0 spiro atoms. The first-order valence-corrected chi connectivity index (χ1v) is 18.0. The zero-order chi connectivity index (χ0) is 35.0. The number of amides is 4. The van der Waals surface area contributed by atoms with Crippen LogP contribution in [0, 0.1) is 5.92 Å². The maximum Gasteiger partial charge on any atom is 0.407 e. The van der Waals surface area contributed by atoms with Crippen molar-refractivity contribution in [2.45, 2.75) is 102 Å². The van der Waals surface area contributed by atoms with Gasteiger partial charge in [0.2, 0.25) is 11.8 Å². The van der Waals surface area contributed by atoms with Crippen molar-refractivity contribution in [3.8, 4) is 5.75 Å². The summed E-state index contributed by atoms with van der Waals surface area (Å²) in [4.78, 5) is 56.1. The van der Waals surface area contributed by atoms with Gasteiger partial charge in [-0.15, -0.1) is 0 Å². The Morgan fingerprint density at radius 1 is 0.860 bits per heavy atom. The van der Waals surface area contributed by atoms with Gasteiger partial charge in [-0.25, -0.2) is 4.79 Å². The van der Waals surface area contributed by atoms with Crippen molar-refractivity contribution in [1.82, 2.24) is 20.9 Å². The molecular formula is C40H48N4O6. The zero-order valence-electron chi connectivity index (χ0n) is 29.0. The highest BCUT2D eigenvalue weighted by Crippen LogP contribution is 2.34. The number of fused-ring (bicyclic) bond motifs is 2. The van der Waals surface area contributed by atoms with E-state index in [-0.39, 0.29) is 30.3 Å². The first-order chi connectivity index (χ1) is 24.3. The van der Waals surface area contributed by atoms with Crippen LogP contribution in [0.5, 0.6) is 5.75 Å². The lowest BCUT2D eigenvalue weighted by Crippen LogP contribution is -2.60. The van der Waals surface area contributed by atoms with Gasteiger partial charge in [0.05, 0.1) is 6.04 Å². The van der Waals surface area contributed by atoms with E-state index in [0.717, 1.165) is 73.6 Å². The predicted molar refractivity (Wildman–Crippen MR) is 189 cm³/mol. The average Bonchev–Trinajstić information content (AvgIpc) is 3.15. The molecule has 0 bridgehead atoms. The van der Waals surface area contributed by atoms with Crippen molar-refractivity contribution in [1.29, 1.82) is 0 Å². The lowest BCUT2D eigenvalue weighted by Gasteiger charge is -2.41. The number of hydrogen-bond acceptors (Lipinski definition) is 6. The largest absolute Gasteiger partial charge is 0.489 e. The minimum atomic E-state index is -1.11. The van der Waals surface area contributed by atoms with Gasteiger partial charge < -0.3 is 30.3 Å². The molecular weight excluding hydrogens is 632 g/mol. The monoisotopic (exact) mass is 680 g/mol. The summed E-state index contributed by atoms with van der Waals surface area (Å²) in [7, 11) is 1.42. The third-order valence-corrected chi connectivity index (χ3v) is 10.4. The number of alkyl carbamates (subject to hydrolysis) is 1. The highest BCUT2D eigenvalue weighted by Gasteiger charge is 2.42. The van der Waals surface area contributed by atoms with Crippen LogP contribution in [0.25, 0.3) is 0 Å². The van der Waals surface area contributed by atoms with Crippen molar-refractivity contribution >= 4 is 23.8 Å². The Morgan fingerprint density at radius 3 is 2.40 bits per heavy atom. The fourth-order valence-electron chi connectivity index (χ4n) is 7.60. The molecule has 0 aromatic heterocycles. The van der Waals surface area contributed by atoms with Gasteiger partial charge in [-0.2, -0.15) is 0 Å². The summed E-state index contributed by atoms with van der Waals surface area (Å²) < 4.78 is 11.3. The van der Waals surface area contributed by atoms with Gasteiger partial charge in [-0.1, -0.05) is 79.9 Å². The summed E-state index contributed by atoms with van der Waals surface area (Å²) >= 11 is 0. The molecule has 3 N–H and O–H groups in total. The highest BCUT2D eigenvalue weighted by atomic mass is 16.6. The summed E-state index contributed by atoms with van der Waals surface area (Å²) in [5.74, 6) is -0.489. The van der Waals surface area contributed by atoms with E-state index in [9.17, 15) is 19.2 Å². The molecule has 1 aliphatic heterocycles. The van der Waals surface area contributed by atoms with Crippen molar-refractivity contribution < 1.29 is 28.7 Å². The molecule has 10 nitrogen and oxygen atoms in total. The second-order valence-electron chi connectivity index (χ2n) is 13.7. The van der Waals surface area contributed by atoms with Gasteiger partial charge in [-0.05, 0) is 84.9 Å². The molecule has 3 aromatic carbocycles. The number of rotatable bonds is 10. The average molecular weight is 681 g/mol. The lowest BCUT2D eigenvalue weighted by atomic mass is 9.82. The zero-order valence-corrected chi connectivity index (χ0v) is 29.0. The topological polar surface area (TPSA) is 126 Å². The molecule has 0 unspecified atom stereocenters. The molecule has 0 radical (unpaired) electrons. The maximum absolute atomic E-state index is 14.8. The lowest BCUT2D eigenvalue weighted by molar-refractivity contribution is -0.147. The number of nitrogens with one attached hydrogen (secondary N) is 3. The van der Waals surface area contributed by atoms with E-state index in [1.54, 1.807) is 4.90 Å². The quantitative estimate of drug-likeness (QED) is 0.259. The van der Waals surface area contributed by atoms with Crippen molar-refractivity contribution in [2.24, 2.45) is 5.92 Å². The summed E-state index contributed by atoms with van der Waals surface area (Å²) in [6.45, 7) is 2.08. The van der Waals surface area contributed by atoms with E-state index in [1.165, 1.54) is 19.5 Å². The van der Waals surface area contributed by atoms with Crippen molar-refractivity contribution in [3.63, 3.8) is 0 Å². The number of ether oxygens (including phenoxy) is 2. The van der Waals surface area contributed by atoms with Crippen LogP contribution in [-0.4, -0.2) is 54.0 Å². The van der Waals surface area contributed by atoms with Crippen molar-refractivity contribution in [2.75, 3.05) is 7.05 Å². The summed E-state index contributed by atoms with van der Waals surface area (Å²) in [5, 5.41) is 8.62. The van der Waals surface area contributed by atoms with Crippen LogP contribution in [0.1, 0.15) is 85.7 Å². The Morgan fingerprint density at radius 2 is 1.62 bits per heavy atom. The van der Waals surface area contributed by atoms with E-state index < -0.39 is 30.2 Å². The molecule has 10 heteroatoms. The Labute approximate surface area is 294 Å². The van der Waals surface area contributed by atoms with Gasteiger partial charge >= 0.3 is 6.09 Å². The fourth-order valence-corrected chi connectivity index (χ4v) is 7.60. The Bertz CT molecular complexity index is 1670.